The van der Waals surface area contributed by atoms with E-state index in [1.807, 2.05) is 0 Å². The van der Waals surface area contributed by atoms with Gasteiger partial charge in [0.1, 0.15) is 43.7 Å². The van der Waals surface area contributed by atoms with Gasteiger partial charge in [-0.1, -0.05) is 54.6 Å². The maximum Gasteiger partial charge on any atom is 0.338 e. The molecule has 0 radical (unpaired) electrons. The average molecular weight is 1370 g/mol. The summed E-state index contributed by atoms with van der Waals surface area (Å²) in [6, 6.07) is 22.6. The number of hydrogen-bond acceptors (Lipinski definition) is 33. The zero-order valence-electron chi connectivity index (χ0n) is 53.9. The standard InChI is InChI=1S/C64H72O33/c1-30(65)78-26-43-47(82-31(2)66)51(85-34(5)69)55(87-36(7)71)61(91-43)80-28-45-48(83-32(3)67)52(86-35(6)70)56(88-37(8)72)62(92-45)81-29-46-49(84-33(4)68)53(57(89-38(9)73)63(93-46)90-39(10)74)97-64-54(96-60(77)42-24-18-13-19-25-42)50(95-59(76)41-22-16-12-17-23-41)44(94-64)27-79-58(75)40-20-14-11-15-21-40/h11-25,43-57,61-64H,26-29H2,1-10H3/t43-,44+,45-,46-,47+,48+,49+,50+,51+,52+,53+,54-,55-,56-,57-,61-,62-,63?,64+/m1/s1. The highest BCUT2D eigenvalue weighted by Crippen LogP contribution is 2.39. The summed E-state index contributed by atoms with van der Waals surface area (Å²) in [7, 11) is 0. The number of ether oxygens (including phenoxy) is 20. The first-order chi connectivity index (χ1) is 46.1. The Morgan fingerprint density at radius 2 is 0.526 bits per heavy atom. The van der Waals surface area contributed by atoms with Gasteiger partial charge in [0.25, 0.3) is 0 Å². The molecule has 33 nitrogen and oxygen atoms in total. The Balaban J connectivity index is 1.30. The van der Waals surface area contributed by atoms with Crippen LogP contribution in [0.1, 0.15) is 100 Å². The summed E-state index contributed by atoms with van der Waals surface area (Å²) >= 11 is 0. The minimum Gasteiger partial charge on any atom is -0.463 e. The molecule has 7 rings (SSSR count). The van der Waals surface area contributed by atoms with E-state index < -0.39 is 221 Å². The Labute approximate surface area is 553 Å². The summed E-state index contributed by atoms with van der Waals surface area (Å²) in [6.07, 6.45) is -35.4. The lowest BCUT2D eigenvalue weighted by Crippen LogP contribution is -2.66. The highest BCUT2D eigenvalue weighted by atomic mass is 16.8. The van der Waals surface area contributed by atoms with Crippen LogP contribution in [0.15, 0.2) is 91.0 Å². The molecule has 0 amide bonds. The molecule has 3 aromatic rings. The molecule has 0 aliphatic carbocycles. The monoisotopic (exact) mass is 1370 g/mol. The third kappa shape index (κ3) is 21.2. The van der Waals surface area contributed by atoms with Crippen LogP contribution in [0.25, 0.3) is 0 Å². The van der Waals surface area contributed by atoms with Crippen molar-refractivity contribution in [3.8, 4) is 0 Å². The molecular formula is C64H72O33. The third-order valence-corrected chi connectivity index (χ3v) is 14.2. The highest BCUT2D eigenvalue weighted by molar-refractivity contribution is 5.91. The van der Waals surface area contributed by atoms with Gasteiger partial charge in [0.15, 0.2) is 79.9 Å². The van der Waals surface area contributed by atoms with Crippen molar-refractivity contribution in [2.24, 2.45) is 0 Å². The Bertz CT molecular complexity index is 3290. The average Bonchev–Trinajstić information content (AvgIpc) is 1.73. The van der Waals surface area contributed by atoms with Crippen LogP contribution in [0.5, 0.6) is 0 Å². The fourth-order valence-corrected chi connectivity index (χ4v) is 10.6. The van der Waals surface area contributed by atoms with Crippen LogP contribution in [0.3, 0.4) is 0 Å². The van der Waals surface area contributed by atoms with Gasteiger partial charge in [-0.05, 0) is 36.4 Å². The molecule has 0 aromatic heterocycles. The van der Waals surface area contributed by atoms with Crippen LogP contribution in [0, 0.1) is 0 Å². The predicted molar refractivity (Wildman–Crippen MR) is 312 cm³/mol. The van der Waals surface area contributed by atoms with Crippen molar-refractivity contribution in [3.05, 3.63) is 108 Å². The molecule has 0 spiro atoms. The molecular weight excluding hydrogens is 1300 g/mol. The molecule has 4 heterocycles. The van der Waals surface area contributed by atoms with E-state index >= 15 is 0 Å². The van der Waals surface area contributed by atoms with Crippen molar-refractivity contribution in [1.29, 1.82) is 0 Å². The highest BCUT2D eigenvalue weighted by Gasteiger charge is 2.60. The molecule has 4 aliphatic rings. The van der Waals surface area contributed by atoms with Gasteiger partial charge in [0.05, 0.1) is 29.9 Å². The number of esters is 13. The van der Waals surface area contributed by atoms with Crippen molar-refractivity contribution in [3.63, 3.8) is 0 Å². The lowest BCUT2D eigenvalue weighted by atomic mass is 9.96. The topological polar surface area (TPSA) is 407 Å². The Morgan fingerprint density at radius 3 is 0.897 bits per heavy atom. The first-order valence-electron chi connectivity index (χ1n) is 30.0. The van der Waals surface area contributed by atoms with Crippen molar-refractivity contribution in [2.45, 2.75) is 186 Å². The molecule has 4 saturated heterocycles. The van der Waals surface area contributed by atoms with E-state index in [2.05, 4.69) is 0 Å². The first kappa shape index (κ1) is 74.9. The number of rotatable bonds is 26. The van der Waals surface area contributed by atoms with E-state index in [1.54, 1.807) is 30.3 Å². The lowest BCUT2D eigenvalue weighted by molar-refractivity contribution is -0.349. The van der Waals surface area contributed by atoms with Crippen LogP contribution >= 0.6 is 0 Å². The van der Waals surface area contributed by atoms with Gasteiger partial charge in [-0.15, -0.1) is 0 Å². The number of hydrogen-bond donors (Lipinski definition) is 0. The molecule has 0 N–H and O–H groups in total. The van der Waals surface area contributed by atoms with Gasteiger partial charge in [0.2, 0.25) is 6.29 Å². The van der Waals surface area contributed by atoms with Crippen LogP contribution in [-0.4, -0.2) is 221 Å². The van der Waals surface area contributed by atoms with E-state index in [0.29, 0.717) is 0 Å². The molecule has 526 valence electrons. The maximum atomic E-state index is 14.2. The number of carbonyl (C=O) groups is 13. The van der Waals surface area contributed by atoms with E-state index in [4.69, 9.17) is 94.7 Å². The number of benzene rings is 3. The van der Waals surface area contributed by atoms with E-state index in [9.17, 15) is 62.3 Å². The molecule has 0 saturated carbocycles. The molecule has 1 unspecified atom stereocenters. The third-order valence-electron chi connectivity index (χ3n) is 14.2. The SMILES string of the molecule is CC(=O)OC[C@H]1O[C@@H](OC[C@H]2O[C@@H](OC[C@H]3OC(OC(C)=O)[C@H](OC(C)=O)[C@@H](O[C@@H]4O[C@@H](COC(=O)c5ccccc5)[C@H](OC(=O)c5ccccc5)[C@H]4OC(=O)c4ccccc4)[C@H]3OC(C)=O)[C@H](OC(C)=O)[C@@H](OC(C)=O)[C@H]2OC(C)=O)[C@H](OC(C)=O)[C@@H](OC(C)=O)[C@H]1OC(C)=O. The zero-order chi connectivity index (χ0) is 70.8. The summed E-state index contributed by atoms with van der Waals surface area (Å²) in [6.45, 7) is 6.33. The Hall–Kier alpha value is -9.51. The van der Waals surface area contributed by atoms with Gasteiger partial charge in [-0.3, -0.25) is 47.9 Å². The molecule has 4 fully saturated rings. The van der Waals surface area contributed by atoms with Gasteiger partial charge in [-0.25, -0.2) is 14.4 Å². The lowest BCUT2D eigenvalue weighted by Gasteiger charge is -2.47. The summed E-state index contributed by atoms with van der Waals surface area (Å²) in [5.74, 6) is -13.1. The van der Waals surface area contributed by atoms with Crippen LogP contribution < -0.4 is 0 Å². The second-order valence-electron chi connectivity index (χ2n) is 21.9. The van der Waals surface area contributed by atoms with Gasteiger partial charge in [0, 0.05) is 69.2 Å². The van der Waals surface area contributed by atoms with Crippen molar-refractivity contribution in [1.82, 2.24) is 0 Å². The molecule has 97 heavy (non-hydrogen) atoms. The second-order valence-corrected chi connectivity index (χ2v) is 21.9. The van der Waals surface area contributed by atoms with E-state index in [1.165, 1.54) is 60.7 Å². The van der Waals surface area contributed by atoms with Crippen molar-refractivity contribution < 1.29 is 157 Å². The zero-order valence-corrected chi connectivity index (χ0v) is 53.9. The largest absolute Gasteiger partial charge is 0.463 e. The normalized spacial score (nSPS) is 28.9. The van der Waals surface area contributed by atoms with E-state index in [0.717, 1.165) is 69.2 Å². The molecule has 4 aliphatic heterocycles. The second kappa shape index (κ2) is 34.9. The molecule has 3 aromatic carbocycles. The van der Waals surface area contributed by atoms with Crippen molar-refractivity contribution >= 4 is 77.6 Å². The first-order valence-corrected chi connectivity index (χ1v) is 30.0. The summed E-state index contributed by atoms with van der Waals surface area (Å²) in [5, 5.41) is 0. The Kier molecular flexibility index (Phi) is 27.0. The predicted octanol–water partition coefficient (Wildman–Crippen LogP) is 2.19. The summed E-state index contributed by atoms with van der Waals surface area (Å²) in [5.41, 5.74) is 0.0554. The maximum absolute atomic E-state index is 14.2. The fraction of sp³-hybridized carbons (Fsp3) is 0.516. The minimum absolute atomic E-state index is 0.00144. The van der Waals surface area contributed by atoms with Crippen LogP contribution in [0.4, 0.5) is 0 Å². The van der Waals surface area contributed by atoms with Crippen molar-refractivity contribution in [2.75, 3.05) is 26.4 Å². The summed E-state index contributed by atoms with van der Waals surface area (Å²) in [4.78, 5) is 171. The fourth-order valence-electron chi connectivity index (χ4n) is 10.6. The minimum atomic E-state index is -2.07. The van der Waals surface area contributed by atoms with E-state index in [-0.39, 0.29) is 16.7 Å². The summed E-state index contributed by atoms with van der Waals surface area (Å²) < 4.78 is 118. The van der Waals surface area contributed by atoms with Crippen LogP contribution in [-0.2, 0) is 143 Å². The molecule has 0 bridgehead atoms. The molecule has 19 atom stereocenters. The smallest absolute Gasteiger partial charge is 0.338 e. The van der Waals surface area contributed by atoms with Crippen LogP contribution in [0.2, 0.25) is 0 Å². The molecule has 33 heteroatoms. The number of carbonyl (C=O) groups excluding carboxylic acids is 13. The van der Waals surface area contributed by atoms with Gasteiger partial charge < -0.3 is 94.7 Å². The van der Waals surface area contributed by atoms with Gasteiger partial charge in [-0.2, -0.15) is 0 Å². The van der Waals surface area contributed by atoms with Gasteiger partial charge >= 0.3 is 77.6 Å². The Morgan fingerprint density at radius 1 is 0.258 bits per heavy atom. The quantitative estimate of drug-likeness (QED) is 0.0821.